The summed E-state index contributed by atoms with van der Waals surface area (Å²) in [7, 11) is -3.51. The van der Waals surface area contributed by atoms with Gasteiger partial charge in [0.1, 0.15) is 0 Å². The number of sulfonamides is 1. The lowest BCUT2D eigenvalue weighted by atomic mass is 10.1. The molecule has 1 aromatic carbocycles. The van der Waals surface area contributed by atoms with Gasteiger partial charge in [-0.2, -0.15) is 4.31 Å². The average molecular weight is 406 g/mol. The van der Waals surface area contributed by atoms with E-state index in [1.54, 1.807) is 23.1 Å². The third kappa shape index (κ3) is 3.22. The summed E-state index contributed by atoms with van der Waals surface area (Å²) in [4.78, 5) is 29.1. The van der Waals surface area contributed by atoms with Gasteiger partial charge in [-0.05, 0) is 43.0 Å². The van der Waals surface area contributed by atoms with Crippen LogP contribution in [-0.4, -0.2) is 61.7 Å². The van der Waals surface area contributed by atoms with Crippen LogP contribution >= 0.6 is 0 Å². The number of hydrogen-bond donors (Lipinski definition) is 0. The van der Waals surface area contributed by atoms with Crippen molar-refractivity contribution in [2.75, 3.05) is 31.1 Å². The third-order valence-electron chi connectivity index (χ3n) is 6.05. The van der Waals surface area contributed by atoms with E-state index in [1.165, 1.54) is 4.31 Å². The minimum Gasteiger partial charge on any atom is -0.339 e. The molecule has 1 aromatic rings. The van der Waals surface area contributed by atoms with Gasteiger partial charge in [-0.1, -0.05) is 13.8 Å². The quantitative estimate of drug-likeness (QED) is 0.721. The Kier molecular flexibility index (Phi) is 4.95. The summed E-state index contributed by atoms with van der Waals surface area (Å²) < 4.78 is 27.0. The van der Waals surface area contributed by atoms with Gasteiger partial charge >= 0.3 is 0 Å². The van der Waals surface area contributed by atoms with E-state index in [0.29, 0.717) is 38.6 Å². The Hall–Kier alpha value is -1.93. The molecule has 1 saturated carbocycles. The average Bonchev–Trinajstić information content (AvgIpc) is 3.31. The molecular weight excluding hydrogens is 378 g/mol. The molecule has 2 aliphatic heterocycles. The number of carbonyl (C=O) groups excluding carboxylic acids is 2. The Balaban J connectivity index is 1.54. The Labute approximate surface area is 166 Å². The Morgan fingerprint density at radius 1 is 1.21 bits per heavy atom. The maximum absolute atomic E-state index is 13.0. The summed E-state index contributed by atoms with van der Waals surface area (Å²) in [6.07, 6.45) is 3.01. The van der Waals surface area contributed by atoms with Crippen molar-refractivity contribution in [3.8, 4) is 0 Å². The van der Waals surface area contributed by atoms with E-state index in [4.69, 9.17) is 0 Å². The summed E-state index contributed by atoms with van der Waals surface area (Å²) >= 11 is 0. The number of anilines is 1. The van der Waals surface area contributed by atoms with Gasteiger partial charge in [0, 0.05) is 44.3 Å². The van der Waals surface area contributed by atoms with Crippen LogP contribution in [0, 0.1) is 5.92 Å². The molecule has 0 radical (unpaired) electrons. The van der Waals surface area contributed by atoms with E-state index < -0.39 is 10.0 Å². The van der Waals surface area contributed by atoms with Crippen molar-refractivity contribution in [1.82, 2.24) is 9.21 Å². The van der Waals surface area contributed by atoms with Gasteiger partial charge in [-0.3, -0.25) is 9.59 Å². The molecule has 0 aromatic heterocycles. The molecule has 2 fully saturated rings. The first-order valence-corrected chi connectivity index (χ1v) is 11.5. The molecule has 152 valence electrons. The van der Waals surface area contributed by atoms with Crippen molar-refractivity contribution in [3.05, 3.63) is 23.8 Å². The Morgan fingerprint density at radius 2 is 1.93 bits per heavy atom. The molecule has 2 heterocycles. The minimum atomic E-state index is -3.51. The zero-order chi connectivity index (χ0) is 20.1. The molecule has 1 unspecified atom stereocenters. The van der Waals surface area contributed by atoms with Crippen molar-refractivity contribution in [3.63, 3.8) is 0 Å². The van der Waals surface area contributed by atoms with Crippen LogP contribution in [0.2, 0.25) is 0 Å². The molecule has 3 aliphatic rings. The highest BCUT2D eigenvalue weighted by molar-refractivity contribution is 7.89. The molecule has 0 bridgehead atoms. The minimum absolute atomic E-state index is 0.0189. The van der Waals surface area contributed by atoms with Crippen molar-refractivity contribution in [2.45, 2.75) is 50.5 Å². The molecule has 28 heavy (non-hydrogen) atoms. The van der Waals surface area contributed by atoms with Crippen molar-refractivity contribution in [2.24, 2.45) is 5.92 Å². The van der Waals surface area contributed by atoms with E-state index in [2.05, 4.69) is 0 Å². The zero-order valence-electron chi connectivity index (χ0n) is 16.4. The number of rotatable bonds is 6. The summed E-state index contributed by atoms with van der Waals surface area (Å²) in [5.74, 6) is -0.228. The van der Waals surface area contributed by atoms with E-state index >= 15 is 0 Å². The van der Waals surface area contributed by atoms with Crippen molar-refractivity contribution >= 4 is 27.5 Å². The lowest BCUT2D eigenvalue weighted by Crippen LogP contribution is -2.36. The Morgan fingerprint density at radius 3 is 2.57 bits per heavy atom. The van der Waals surface area contributed by atoms with Crippen molar-refractivity contribution in [1.29, 1.82) is 0 Å². The number of hydrogen-bond acceptors (Lipinski definition) is 4. The zero-order valence-corrected chi connectivity index (χ0v) is 17.2. The summed E-state index contributed by atoms with van der Waals surface area (Å²) in [5.41, 5.74) is 1.66. The monoisotopic (exact) mass is 405 g/mol. The molecule has 0 spiro atoms. The van der Waals surface area contributed by atoms with Crippen LogP contribution in [0.25, 0.3) is 0 Å². The second kappa shape index (κ2) is 7.15. The number of likely N-dealkylation sites (tertiary alicyclic amines) is 1. The SMILES string of the molecule is CCN(CC)S(=O)(=O)c1ccc2c(c1)CCN2C(=O)C1CC(=O)N(C2CC2)C1. The molecule has 1 atom stereocenters. The smallest absolute Gasteiger partial charge is 0.243 e. The molecule has 8 heteroatoms. The molecule has 4 rings (SSSR count). The summed E-state index contributed by atoms with van der Waals surface area (Å²) in [6, 6.07) is 5.37. The fraction of sp³-hybridized carbons (Fsp3) is 0.600. The number of benzene rings is 1. The second-order valence-corrected chi connectivity index (χ2v) is 9.74. The van der Waals surface area contributed by atoms with Crippen LogP contribution in [-0.2, 0) is 26.0 Å². The van der Waals surface area contributed by atoms with Crippen LogP contribution in [0.15, 0.2) is 23.1 Å². The van der Waals surface area contributed by atoms with Gasteiger partial charge in [-0.15, -0.1) is 0 Å². The van der Waals surface area contributed by atoms with Gasteiger partial charge < -0.3 is 9.80 Å². The summed E-state index contributed by atoms with van der Waals surface area (Å²) in [5, 5.41) is 0. The second-order valence-electron chi connectivity index (χ2n) is 7.80. The van der Waals surface area contributed by atoms with Crippen LogP contribution in [0.3, 0.4) is 0 Å². The predicted molar refractivity (Wildman–Crippen MR) is 105 cm³/mol. The van der Waals surface area contributed by atoms with Crippen LogP contribution in [0.1, 0.15) is 38.7 Å². The van der Waals surface area contributed by atoms with Crippen LogP contribution in [0.5, 0.6) is 0 Å². The topological polar surface area (TPSA) is 78.0 Å². The molecule has 1 saturated heterocycles. The van der Waals surface area contributed by atoms with E-state index in [9.17, 15) is 18.0 Å². The summed E-state index contributed by atoms with van der Waals surface area (Å²) in [6.45, 7) is 5.55. The van der Waals surface area contributed by atoms with Gasteiger partial charge in [0.15, 0.2) is 0 Å². The van der Waals surface area contributed by atoms with E-state index in [1.807, 2.05) is 18.7 Å². The predicted octanol–water partition coefficient (Wildman–Crippen LogP) is 1.62. The largest absolute Gasteiger partial charge is 0.339 e. The maximum atomic E-state index is 13.0. The van der Waals surface area contributed by atoms with Crippen molar-refractivity contribution < 1.29 is 18.0 Å². The molecule has 0 N–H and O–H groups in total. The third-order valence-corrected chi connectivity index (χ3v) is 8.10. The number of nitrogens with zero attached hydrogens (tertiary/aromatic N) is 3. The first kappa shape index (κ1) is 19.4. The van der Waals surface area contributed by atoms with Crippen LogP contribution in [0.4, 0.5) is 5.69 Å². The van der Waals surface area contributed by atoms with Crippen LogP contribution < -0.4 is 4.90 Å². The number of fused-ring (bicyclic) bond motifs is 1. The van der Waals surface area contributed by atoms with E-state index in [-0.39, 0.29) is 29.0 Å². The van der Waals surface area contributed by atoms with E-state index in [0.717, 1.165) is 24.1 Å². The first-order chi connectivity index (χ1) is 13.4. The standard InChI is InChI=1S/C20H27N3O4S/c1-3-21(4-2)28(26,27)17-7-8-18-14(11-17)9-10-22(18)20(25)15-12-19(24)23(13-15)16-5-6-16/h7-8,11,15-16H,3-6,9-10,12-13H2,1-2H3. The number of amides is 2. The highest BCUT2D eigenvalue weighted by Gasteiger charge is 2.43. The lowest BCUT2D eigenvalue weighted by Gasteiger charge is -2.22. The molecule has 7 nitrogen and oxygen atoms in total. The fourth-order valence-corrected chi connectivity index (χ4v) is 5.85. The lowest BCUT2D eigenvalue weighted by molar-refractivity contribution is -0.128. The molecule has 2 amide bonds. The highest BCUT2D eigenvalue weighted by Crippen LogP contribution is 2.36. The maximum Gasteiger partial charge on any atom is 0.243 e. The van der Waals surface area contributed by atoms with Gasteiger partial charge in [-0.25, -0.2) is 8.42 Å². The van der Waals surface area contributed by atoms with Gasteiger partial charge in [0.25, 0.3) is 0 Å². The van der Waals surface area contributed by atoms with Gasteiger partial charge in [0.2, 0.25) is 21.8 Å². The van der Waals surface area contributed by atoms with Gasteiger partial charge in [0.05, 0.1) is 10.8 Å². The number of carbonyl (C=O) groups is 2. The molecular formula is C20H27N3O4S. The normalized spacial score (nSPS) is 22.2. The fourth-order valence-electron chi connectivity index (χ4n) is 4.34. The Bertz CT molecular complexity index is 906. The highest BCUT2D eigenvalue weighted by atomic mass is 32.2. The first-order valence-electron chi connectivity index (χ1n) is 10.1. The molecule has 1 aliphatic carbocycles.